The van der Waals surface area contributed by atoms with E-state index in [1.165, 1.54) is 32.1 Å². The molecule has 3 aliphatic rings. The Hall–Kier alpha value is -1.85. The van der Waals surface area contributed by atoms with E-state index in [2.05, 4.69) is 10.4 Å². The highest BCUT2D eigenvalue weighted by Gasteiger charge is 2.37. The molecule has 0 bridgehead atoms. The SMILES string of the molecule is O=C1NCCN(C(=O)c2cnn3c2CCC3)C1CC1CCCCC1. The van der Waals surface area contributed by atoms with Crippen molar-refractivity contribution in [3.05, 3.63) is 17.5 Å². The summed E-state index contributed by atoms with van der Waals surface area (Å²) in [6, 6.07) is -0.314. The van der Waals surface area contributed by atoms with Gasteiger partial charge in [-0.3, -0.25) is 14.3 Å². The van der Waals surface area contributed by atoms with Crippen LogP contribution in [0.5, 0.6) is 0 Å². The van der Waals surface area contributed by atoms with Crippen molar-refractivity contribution in [1.29, 1.82) is 0 Å². The molecule has 2 aliphatic heterocycles. The first kappa shape index (κ1) is 15.7. The Morgan fingerprint density at radius 2 is 2.04 bits per heavy atom. The molecule has 0 spiro atoms. The highest BCUT2D eigenvalue weighted by atomic mass is 16.2. The van der Waals surface area contributed by atoms with Crippen LogP contribution in [0.15, 0.2) is 6.20 Å². The summed E-state index contributed by atoms with van der Waals surface area (Å²) >= 11 is 0. The zero-order valence-corrected chi connectivity index (χ0v) is 14.2. The van der Waals surface area contributed by atoms with Gasteiger partial charge >= 0.3 is 0 Å². The normalized spacial score (nSPS) is 24.8. The number of amides is 2. The second-order valence-electron chi connectivity index (χ2n) is 7.38. The van der Waals surface area contributed by atoms with E-state index in [1.807, 2.05) is 9.58 Å². The Balaban J connectivity index is 1.54. The molecule has 6 heteroatoms. The molecule has 6 nitrogen and oxygen atoms in total. The Morgan fingerprint density at radius 3 is 2.88 bits per heavy atom. The molecule has 1 aromatic rings. The Morgan fingerprint density at radius 1 is 1.21 bits per heavy atom. The predicted molar refractivity (Wildman–Crippen MR) is 89.6 cm³/mol. The maximum atomic E-state index is 13.1. The lowest BCUT2D eigenvalue weighted by Gasteiger charge is -2.37. The number of nitrogens with zero attached hydrogens (tertiary/aromatic N) is 3. The minimum atomic E-state index is -0.314. The van der Waals surface area contributed by atoms with Gasteiger partial charge in [-0.15, -0.1) is 0 Å². The summed E-state index contributed by atoms with van der Waals surface area (Å²) in [5.74, 6) is 0.582. The third kappa shape index (κ3) is 2.82. The first-order chi connectivity index (χ1) is 11.7. The van der Waals surface area contributed by atoms with Crippen LogP contribution >= 0.6 is 0 Å². The summed E-state index contributed by atoms with van der Waals surface area (Å²) in [7, 11) is 0. The Bertz CT molecular complexity index is 633. The van der Waals surface area contributed by atoms with Gasteiger partial charge < -0.3 is 10.2 Å². The van der Waals surface area contributed by atoms with Crippen LogP contribution in [-0.4, -0.2) is 45.6 Å². The molecule has 24 heavy (non-hydrogen) atoms. The second kappa shape index (κ2) is 6.57. The number of nitrogens with one attached hydrogen (secondary N) is 1. The van der Waals surface area contributed by atoms with Crippen molar-refractivity contribution in [3.63, 3.8) is 0 Å². The van der Waals surface area contributed by atoms with Crippen LogP contribution in [0.4, 0.5) is 0 Å². The van der Waals surface area contributed by atoms with Crippen molar-refractivity contribution >= 4 is 11.8 Å². The molecule has 3 heterocycles. The fraction of sp³-hybridized carbons (Fsp3) is 0.722. The van der Waals surface area contributed by atoms with Crippen molar-refractivity contribution in [2.75, 3.05) is 13.1 Å². The lowest BCUT2D eigenvalue weighted by Crippen LogP contribution is -2.57. The summed E-state index contributed by atoms with van der Waals surface area (Å²) in [5.41, 5.74) is 1.75. The molecule has 1 atom stereocenters. The number of aryl methyl sites for hydroxylation is 1. The molecule has 0 radical (unpaired) electrons. The van der Waals surface area contributed by atoms with E-state index in [4.69, 9.17) is 0 Å². The van der Waals surface area contributed by atoms with Crippen molar-refractivity contribution < 1.29 is 9.59 Å². The van der Waals surface area contributed by atoms with E-state index in [1.54, 1.807) is 6.20 Å². The standard InChI is InChI=1S/C18H26N4O2/c23-17-16(11-13-5-2-1-3-6-13)21(10-8-19-17)18(24)14-12-20-22-9-4-7-15(14)22/h12-13,16H,1-11H2,(H,19,23). The van der Waals surface area contributed by atoms with Gasteiger partial charge in [-0.1, -0.05) is 32.1 Å². The van der Waals surface area contributed by atoms with Crippen LogP contribution in [0, 0.1) is 5.92 Å². The molecule has 1 aromatic heterocycles. The van der Waals surface area contributed by atoms with E-state index < -0.39 is 0 Å². The summed E-state index contributed by atoms with van der Waals surface area (Å²) in [4.78, 5) is 27.4. The third-order valence-electron chi connectivity index (χ3n) is 5.84. The molecular weight excluding hydrogens is 304 g/mol. The van der Waals surface area contributed by atoms with E-state index in [0.717, 1.165) is 31.5 Å². The monoisotopic (exact) mass is 330 g/mol. The minimum absolute atomic E-state index is 0.00573. The smallest absolute Gasteiger partial charge is 0.258 e. The highest BCUT2D eigenvalue weighted by molar-refractivity contribution is 5.99. The van der Waals surface area contributed by atoms with Crippen LogP contribution in [0.2, 0.25) is 0 Å². The van der Waals surface area contributed by atoms with Gasteiger partial charge in [0.1, 0.15) is 6.04 Å². The average Bonchev–Trinajstić information content (AvgIpc) is 3.20. The Labute approximate surface area is 142 Å². The van der Waals surface area contributed by atoms with Crippen molar-refractivity contribution in [1.82, 2.24) is 20.0 Å². The maximum absolute atomic E-state index is 13.1. The highest BCUT2D eigenvalue weighted by Crippen LogP contribution is 2.30. The van der Waals surface area contributed by atoms with Crippen molar-refractivity contribution in [2.24, 2.45) is 5.92 Å². The van der Waals surface area contributed by atoms with Gasteiger partial charge in [-0.2, -0.15) is 5.10 Å². The number of hydrogen-bond donors (Lipinski definition) is 1. The maximum Gasteiger partial charge on any atom is 0.258 e. The van der Waals surface area contributed by atoms with Gasteiger partial charge in [-0.25, -0.2) is 0 Å². The van der Waals surface area contributed by atoms with Gasteiger partial charge in [0.25, 0.3) is 5.91 Å². The van der Waals surface area contributed by atoms with Gasteiger partial charge in [0.2, 0.25) is 5.91 Å². The van der Waals surface area contributed by atoms with Crippen molar-refractivity contribution in [2.45, 2.75) is 64.0 Å². The minimum Gasteiger partial charge on any atom is -0.353 e. The van der Waals surface area contributed by atoms with Crippen LogP contribution in [0.3, 0.4) is 0 Å². The van der Waals surface area contributed by atoms with Gasteiger partial charge in [0, 0.05) is 19.6 Å². The number of rotatable bonds is 3. The van der Waals surface area contributed by atoms with Crippen molar-refractivity contribution in [3.8, 4) is 0 Å². The molecule has 0 aromatic carbocycles. The molecule has 4 rings (SSSR count). The molecule has 1 aliphatic carbocycles. The van der Waals surface area contributed by atoms with E-state index in [0.29, 0.717) is 24.6 Å². The quantitative estimate of drug-likeness (QED) is 0.918. The van der Waals surface area contributed by atoms with Crippen LogP contribution in [0.25, 0.3) is 0 Å². The number of hydrogen-bond acceptors (Lipinski definition) is 3. The molecule has 130 valence electrons. The number of fused-ring (bicyclic) bond motifs is 1. The van der Waals surface area contributed by atoms with Crippen LogP contribution < -0.4 is 5.32 Å². The number of carbonyl (C=O) groups is 2. The number of aromatic nitrogens is 2. The topological polar surface area (TPSA) is 67.2 Å². The molecule has 1 saturated carbocycles. The van der Waals surface area contributed by atoms with E-state index in [-0.39, 0.29) is 17.9 Å². The summed E-state index contributed by atoms with van der Waals surface area (Å²) < 4.78 is 1.94. The lowest BCUT2D eigenvalue weighted by molar-refractivity contribution is -0.128. The lowest BCUT2D eigenvalue weighted by atomic mass is 9.84. The predicted octanol–water partition coefficient (Wildman–Crippen LogP) is 1.74. The molecule has 1 saturated heterocycles. The molecule has 1 unspecified atom stereocenters. The third-order valence-corrected chi connectivity index (χ3v) is 5.84. The van der Waals surface area contributed by atoms with Crippen LogP contribution in [0.1, 0.15) is 61.0 Å². The van der Waals surface area contributed by atoms with Gasteiger partial charge in [-0.05, 0) is 25.2 Å². The zero-order chi connectivity index (χ0) is 16.5. The first-order valence-electron chi connectivity index (χ1n) is 9.37. The zero-order valence-electron chi connectivity index (χ0n) is 14.2. The van der Waals surface area contributed by atoms with Gasteiger partial charge in [0.15, 0.2) is 0 Å². The Kier molecular flexibility index (Phi) is 4.29. The molecule has 2 amide bonds. The fourth-order valence-electron chi connectivity index (χ4n) is 4.53. The molecular formula is C18H26N4O2. The second-order valence-corrected chi connectivity index (χ2v) is 7.38. The number of carbonyl (C=O) groups excluding carboxylic acids is 2. The van der Waals surface area contributed by atoms with E-state index in [9.17, 15) is 9.59 Å². The average molecular weight is 330 g/mol. The largest absolute Gasteiger partial charge is 0.353 e. The van der Waals surface area contributed by atoms with Crippen LogP contribution in [-0.2, 0) is 17.8 Å². The summed E-state index contributed by atoms with van der Waals surface area (Å²) in [6.07, 6.45) is 10.7. The summed E-state index contributed by atoms with van der Waals surface area (Å²) in [5, 5.41) is 7.29. The summed E-state index contributed by atoms with van der Waals surface area (Å²) in [6.45, 7) is 2.05. The van der Waals surface area contributed by atoms with E-state index >= 15 is 0 Å². The first-order valence-corrected chi connectivity index (χ1v) is 9.37. The molecule has 1 N–H and O–H groups in total. The molecule has 2 fully saturated rings. The fourth-order valence-corrected chi connectivity index (χ4v) is 4.53. The number of piperazine rings is 1. The van der Waals surface area contributed by atoms with Gasteiger partial charge in [0.05, 0.1) is 17.5 Å².